The maximum Gasteiger partial charge on any atom is 0.411 e. The van der Waals surface area contributed by atoms with Crippen LogP contribution in [0.15, 0.2) is 48.5 Å². The number of nitrogens with zero attached hydrogens (tertiary/aromatic N) is 3. The molecule has 0 saturated heterocycles. The van der Waals surface area contributed by atoms with Crippen LogP contribution in [0.3, 0.4) is 0 Å². The molecule has 11 heteroatoms. The molecule has 0 saturated carbocycles. The quantitative estimate of drug-likeness (QED) is 0.461. The molecule has 0 aliphatic rings. The Morgan fingerprint density at radius 3 is 2.59 bits per heavy atom. The van der Waals surface area contributed by atoms with Crippen molar-refractivity contribution >= 4 is 39.8 Å². The Morgan fingerprint density at radius 1 is 1.14 bits per heavy atom. The van der Waals surface area contributed by atoms with E-state index in [0.717, 1.165) is 11.3 Å². The highest BCUT2D eigenvalue weighted by Crippen LogP contribution is 2.28. The van der Waals surface area contributed by atoms with Gasteiger partial charge in [0.15, 0.2) is 0 Å². The number of carbonyl (C=O) groups excluding carboxylic acids is 2. The molecule has 0 atom stereocenters. The molecular formula is C18H15N5O5S. The molecule has 2 aromatic carbocycles. The largest absolute Gasteiger partial charge is 0.450 e. The summed E-state index contributed by atoms with van der Waals surface area (Å²) in [5.74, 6) is -0.427. The SMILES string of the molecule is CCOC(=O)Nc1cccc(C(=O)Nc2nnc(-c3ccc([N+](=O)[O-])cc3)s2)c1. The number of non-ortho nitro benzene ring substituents is 1. The summed E-state index contributed by atoms with van der Waals surface area (Å²) < 4.78 is 4.80. The fourth-order valence-electron chi connectivity index (χ4n) is 2.31. The molecule has 29 heavy (non-hydrogen) atoms. The third-order valence-electron chi connectivity index (χ3n) is 3.62. The average Bonchev–Trinajstić information content (AvgIpc) is 3.17. The van der Waals surface area contributed by atoms with Crippen LogP contribution in [0, 0.1) is 10.1 Å². The lowest BCUT2D eigenvalue weighted by Crippen LogP contribution is -2.15. The molecule has 148 valence electrons. The molecule has 0 aliphatic heterocycles. The molecule has 2 amide bonds. The van der Waals surface area contributed by atoms with Gasteiger partial charge in [-0.15, -0.1) is 10.2 Å². The molecule has 10 nitrogen and oxygen atoms in total. The zero-order valence-electron chi connectivity index (χ0n) is 15.1. The summed E-state index contributed by atoms with van der Waals surface area (Å²) in [7, 11) is 0. The summed E-state index contributed by atoms with van der Waals surface area (Å²) >= 11 is 1.13. The summed E-state index contributed by atoms with van der Waals surface area (Å²) in [6.45, 7) is 1.93. The summed E-state index contributed by atoms with van der Waals surface area (Å²) in [6.07, 6.45) is -0.609. The van der Waals surface area contributed by atoms with Crippen LogP contribution in [0.1, 0.15) is 17.3 Å². The predicted molar refractivity (Wildman–Crippen MR) is 107 cm³/mol. The molecule has 0 unspecified atom stereocenters. The first kappa shape index (κ1) is 19.9. The highest BCUT2D eigenvalue weighted by atomic mass is 32.1. The van der Waals surface area contributed by atoms with Gasteiger partial charge in [0.05, 0.1) is 11.5 Å². The van der Waals surface area contributed by atoms with Crippen molar-refractivity contribution in [3.63, 3.8) is 0 Å². The normalized spacial score (nSPS) is 10.2. The number of hydrogen-bond acceptors (Lipinski definition) is 8. The molecule has 2 N–H and O–H groups in total. The minimum absolute atomic E-state index is 0.0249. The Hall–Kier alpha value is -3.86. The number of nitro benzene ring substituents is 1. The molecule has 1 heterocycles. The van der Waals surface area contributed by atoms with E-state index in [1.165, 1.54) is 18.2 Å². The molecule has 0 spiro atoms. The van der Waals surface area contributed by atoms with Gasteiger partial charge in [0.25, 0.3) is 11.6 Å². The first-order valence-corrected chi connectivity index (χ1v) is 9.21. The Bertz CT molecular complexity index is 1050. The second kappa shape index (κ2) is 8.89. The van der Waals surface area contributed by atoms with Crippen LogP contribution in [0.4, 0.5) is 21.3 Å². The first-order valence-electron chi connectivity index (χ1n) is 8.40. The van der Waals surface area contributed by atoms with Gasteiger partial charge in [0, 0.05) is 28.9 Å². The molecule has 3 aromatic rings. The number of nitro groups is 1. The fraction of sp³-hybridized carbons (Fsp3) is 0.111. The van der Waals surface area contributed by atoms with Gasteiger partial charge in [0.1, 0.15) is 5.01 Å². The van der Waals surface area contributed by atoms with Gasteiger partial charge in [0.2, 0.25) is 5.13 Å². The molecule has 0 aliphatic carbocycles. The van der Waals surface area contributed by atoms with Crippen LogP contribution in [0.25, 0.3) is 10.6 Å². The van der Waals surface area contributed by atoms with Crippen molar-refractivity contribution in [2.75, 3.05) is 17.2 Å². The van der Waals surface area contributed by atoms with E-state index in [4.69, 9.17) is 4.74 Å². The number of ether oxygens (including phenoxy) is 1. The maximum absolute atomic E-state index is 12.5. The minimum atomic E-state index is -0.609. The van der Waals surface area contributed by atoms with Crippen molar-refractivity contribution in [1.82, 2.24) is 10.2 Å². The van der Waals surface area contributed by atoms with E-state index in [1.54, 1.807) is 37.3 Å². The number of anilines is 2. The van der Waals surface area contributed by atoms with Gasteiger partial charge in [-0.1, -0.05) is 17.4 Å². The first-order chi connectivity index (χ1) is 14.0. The van der Waals surface area contributed by atoms with Gasteiger partial charge in [-0.25, -0.2) is 4.79 Å². The van der Waals surface area contributed by atoms with E-state index >= 15 is 0 Å². The lowest BCUT2D eigenvalue weighted by Gasteiger charge is -2.07. The van der Waals surface area contributed by atoms with E-state index in [2.05, 4.69) is 20.8 Å². The number of carbonyl (C=O) groups is 2. The van der Waals surface area contributed by atoms with E-state index in [-0.39, 0.29) is 17.4 Å². The standard InChI is InChI=1S/C18H15N5O5S/c1-2-28-18(25)19-13-5-3-4-12(10-13)15(24)20-17-22-21-16(29-17)11-6-8-14(9-7-11)23(26)27/h3-10H,2H2,1H3,(H,19,25)(H,20,22,24). The molecule has 0 fully saturated rings. The zero-order chi connectivity index (χ0) is 20.8. The molecular weight excluding hydrogens is 398 g/mol. The number of rotatable bonds is 6. The summed E-state index contributed by atoms with van der Waals surface area (Å²) in [4.78, 5) is 34.2. The summed E-state index contributed by atoms with van der Waals surface area (Å²) in [5, 5.41) is 24.6. The van der Waals surface area contributed by atoms with Gasteiger partial charge < -0.3 is 4.74 Å². The van der Waals surface area contributed by atoms with Crippen LogP contribution in [-0.4, -0.2) is 33.7 Å². The predicted octanol–water partition coefficient (Wildman–Crippen LogP) is 3.93. The second-order valence-corrected chi connectivity index (χ2v) is 6.57. The van der Waals surface area contributed by atoms with Gasteiger partial charge in [-0.3, -0.25) is 25.5 Å². The van der Waals surface area contributed by atoms with Crippen molar-refractivity contribution in [3.8, 4) is 10.6 Å². The van der Waals surface area contributed by atoms with E-state index in [9.17, 15) is 19.7 Å². The highest BCUT2D eigenvalue weighted by molar-refractivity contribution is 7.18. The van der Waals surface area contributed by atoms with Crippen molar-refractivity contribution in [3.05, 3.63) is 64.2 Å². The third-order valence-corrected chi connectivity index (χ3v) is 4.50. The third kappa shape index (κ3) is 5.11. The van der Waals surface area contributed by atoms with Crippen LogP contribution in [0.2, 0.25) is 0 Å². The van der Waals surface area contributed by atoms with Gasteiger partial charge in [-0.2, -0.15) is 0 Å². The average molecular weight is 413 g/mol. The lowest BCUT2D eigenvalue weighted by atomic mass is 10.2. The lowest BCUT2D eigenvalue weighted by molar-refractivity contribution is -0.384. The van der Waals surface area contributed by atoms with Crippen LogP contribution in [-0.2, 0) is 4.74 Å². The Labute approximate surface area is 168 Å². The van der Waals surface area contributed by atoms with E-state index in [1.807, 2.05) is 0 Å². The van der Waals surface area contributed by atoms with Gasteiger partial charge in [-0.05, 0) is 37.3 Å². The summed E-state index contributed by atoms with van der Waals surface area (Å²) in [5.41, 5.74) is 1.35. The number of nitrogens with one attached hydrogen (secondary N) is 2. The smallest absolute Gasteiger partial charge is 0.411 e. The Morgan fingerprint density at radius 2 is 1.90 bits per heavy atom. The molecule has 3 rings (SSSR count). The highest BCUT2D eigenvalue weighted by Gasteiger charge is 2.13. The monoisotopic (exact) mass is 413 g/mol. The van der Waals surface area contributed by atoms with Crippen molar-refractivity contribution in [2.24, 2.45) is 0 Å². The van der Waals surface area contributed by atoms with E-state index < -0.39 is 16.9 Å². The fourth-order valence-corrected chi connectivity index (χ4v) is 3.05. The van der Waals surface area contributed by atoms with Crippen molar-refractivity contribution in [2.45, 2.75) is 6.92 Å². The van der Waals surface area contributed by atoms with Gasteiger partial charge >= 0.3 is 6.09 Å². The number of benzene rings is 2. The van der Waals surface area contributed by atoms with Crippen LogP contribution in [0.5, 0.6) is 0 Å². The second-order valence-electron chi connectivity index (χ2n) is 5.60. The van der Waals surface area contributed by atoms with Crippen LogP contribution < -0.4 is 10.6 Å². The maximum atomic E-state index is 12.5. The molecule has 0 bridgehead atoms. The Balaban J connectivity index is 1.68. The number of aromatic nitrogens is 2. The number of amides is 2. The topological polar surface area (TPSA) is 136 Å². The zero-order valence-corrected chi connectivity index (χ0v) is 15.9. The van der Waals surface area contributed by atoms with Crippen molar-refractivity contribution in [1.29, 1.82) is 0 Å². The summed E-state index contributed by atoms with van der Waals surface area (Å²) in [6, 6.07) is 12.2. The minimum Gasteiger partial charge on any atom is -0.450 e. The van der Waals surface area contributed by atoms with Crippen LogP contribution >= 0.6 is 11.3 Å². The number of hydrogen-bond donors (Lipinski definition) is 2. The molecule has 0 radical (unpaired) electrons. The van der Waals surface area contributed by atoms with E-state index in [0.29, 0.717) is 21.8 Å². The van der Waals surface area contributed by atoms with Crippen molar-refractivity contribution < 1.29 is 19.2 Å². The Kier molecular flexibility index (Phi) is 6.09. The molecule has 1 aromatic heterocycles.